The van der Waals surface area contributed by atoms with Gasteiger partial charge >= 0.3 is 0 Å². The third-order valence-electron chi connectivity index (χ3n) is 8.45. The molecule has 42 heavy (non-hydrogen) atoms. The Kier molecular flexibility index (Phi) is 8.59. The molecular weight excluding hydrogens is 528 g/mol. The summed E-state index contributed by atoms with van der Waals surface area (Å²) in [7, 11) is 3.84. The van der Waals surface area contributed by atoms with Gasteiger partial charge < -0.3 is 25.8 Å². The van der Waals surface area contributed by atoms with Crippen LogP contribution in [0.3, 0.4) is 0 Å². The quantitative estimate of drug-likeness (QED) is 0.445. The van der Waals surface area contributed by atoms with Crippen LogP contribution < -0.4 is 16.0 Å². The Balaban J connectivity index is 1.40. The van der Waals surface area contributed by atoms with Gasteiger partial charge in [-0.25, -0.2) is 4.98 Å². The summed E-state index contributed by atoms with van der Waals surface area (Å²) >= 11 is 0. The average molecular weight is 569 g/mol. The maximum Gasteiger partial charge on any atom is 0.256 e. The molecule has 0 spiro atoms. The zero-order valence-electron chi connectivity index (χ0n) is 24.8. The van der Waals surface area contributed by atoms with Crippen molar-refractivity contribution in [3.05, 3.63) is 77.5 Å². The van der Waals surface area contributed by atoms with Crippen LogP contribution in [0.15, 0.2) is 60.8 Å². The van der Waals surface area contributed by atoms with Gasteiger partial charge in [-0.05, 0) is 97.9 Å². The van der Waals surface area contributed by atoms with Gasteiger partial charge in [0.15, 0.2) is 0 Å². The number of likely N-dealkylation sites (N-methyl/N-ethyl adjacent to an activating group) is 1. The number of fused-ring (bicyclic) bond motifs is 1. The molecule has 1 atom stereocenters. The van der Waals surface area contributed by atoms with Crippen LogP contribution in [-0.2, 0) is 11.3 Å². The fourth-order valence-electron chi connectivity index (χ4n) is 5.96. The van der Waals surface area contributed by atoms with Crippen LogP contribution in [0.25, 0.3) is 11.1 Å². The summed E-state index contributed by atoms with van der Waals surface area (Å²) in [6.07, 6.45) is 3.79. The molecule has 0 bridgehead atoms. The van der Waals surface area contributed by atoms with E-state index in [0.29, 0.717) is 35.1 Å². The van der Waals surface area contributed by atoms with Gasteiger partial charge in [0.1, 0.15) is 11.9 Å². The van der Waals surface area contributed by atoms with Crippen LogP contribution >= 0.6 is 0 Å². The van der Waals surface area contributed by atoms with Gasteiger partial charge in [-0.2, -0.15) is 0 Å². The molecule has 5 rings (SSSR count). The fraction of sp³-hybridized carbons (Fsp3) is 0.394. The van der Waals surface area contributed by atoms with E-state index in [1.54, 1.807) is 41.2 Å². The van der Waals surface area contributed by atoms with Crippen molar-refractivity contribution in [2.45, 2.75) is 39.3 Å². The van der Waals surface area contributed by atoms with E-state index in [9.17, 15) is 14.4 Å². The number of carbonyl (C=O) groups is 3. The van der Waals surface area contributed by atoms with Gasteiger partial charge in [-0.3, -0.25) is 14.4 Å². The number of piperidine rings is 1. The van der Waals surface area contributed by atoms with E-state index in [-0.39, 0.29) is 30.2 Å². The molecule has 3 amide bonds. The number of pyridine rings is 1. The number of anilines is 2. The van der Waals surface area contributed by atoms with E-state index in [1.165, 1.54) is 0 Å². The molecule has 9 nitrogen and oxygen atoms in total. The summed E-state index contributed by atoms with van der Waals surface area (Å²) in [5.41, 5.74) is 9.93. The summed E-state index contributed by atoms with van der Waals surface area (Å²) in [6, 6.07) is 15.8. The number of hydrogen-bond donors (Lipinski definition) is 2. The van der Waals surface area contributed by atoms with Gasteiger partial charge in [-0.1, -0.05) is 32.0 Å². The molecule has 1 fully saturated rings. The Morgan fingerprint density at radius 3 is 2.48 bits per heavy atom. The Morgan fingerprint density at radius 1 is 1.02 bits per heavy atom. The molecule has 2 aromatic carbocycles. The Bertz CT molecular complexity index is 1480. The maximum absolute atomic E-state index is 14.1. The van der Waals surface area contributed by atoms with E-state index >= 15 is 0 Å². The minimum Gasteiger partial charge on any atom is -0.384 e. The lowest BCUT2D eigenvalue weighted by Gasteiger charge is -2.32. The summed E-state index contributed by atoms with van der Waals surface area (Å²) in [4.78, 5) is 50.6. The van der Waals surface area contributed by atoms with Crippen LogP contribution in [-0.4, -0.2) is 72.3 Å². The molecular formula is C33H40N6O3. The molecule has 9 heteroatoms. The zero-order valence-corrected chi connectivity index (χ0v) is 24.8. The number of nitrogens with two attached hydrogens (primary N) is 1. The van der Waals surface area contributed by atoms with E-state index in [4.69, 9.17) is 5.73 Å². The number of aromatic nitrogens is 1. The van der Waals surface area contributed by atoms with Gasteiger partial charge in [0.25, 0.3) is 11.8 Å². The predicted octanol–water partition coefficient (Wildman–Crippen LogP) is 4.05. The fourth-order valence-corrected chi connectivity index (χ4v) is 5.96. The van der Waals surface area contributed by atoms with Crippen molar-refractivity contribution in [3.63, 3.8) is 0 Å². The molecule has 0 radical (unpaired) electrons. The molecule has 0 aliphatic carbocycles. The lowest BCUT2D eigenvalue weighted by molar-refractivity contribution is -0.124. The molecule has 0 unspecified atom stereocenters. The number of amides is 3. The number of rotatable bonds is 7. The van der Waals surface area contributed by atoms with E-state index < -0.39 is 6.04 Å². The molecule has 2 aliphatic heterocycles. The van der Waals surface area contributed by atoms with Crippen LogP contribution in [0.5, 0.6) is 0 Å². The first-order valence-corrected chi connectivity index (χ1v) is 14.6. The second-order valence-corrected chi connectivity index (χ2v) is 11.9. The lowest BCUT2D eigenvalue weighted by atomic mass is 9.97. The number of nitrogens with one attached hydrogen (secondary N) is 1. The first kappa shape index (κ1) is 29.3. The molecule has 0 saturated carbocycles. The number of benzene rings is 2. The SMILES string of the molecule is CC(C)[C@@H]1C(=O)N(C)c2cc(-c3ccnc(N)c3)ccc2C(=O)N1Cc1cccc(C(=O)NCC2CCN(C)CC2)c1. The summed E-state index contributed by atoms with van der Waals surface area (Å²) < 4.78 is 0. The zero-order chi connectivity index (χ0) is 30.0. The molecule has 1 aromatic heterocycles. The number of nitrogen functional groups attached to an aromatic ring is 1. The van der Waals surface area contributed by atoms with Crippen LogP contribution in [0.4, 0.5) is 11.5 Å². The lowest BCUT2D eigenvalue weighted by Crippen LogP contribution is -2.50. The molecule has 220 valence electrons. The second-order valence-electron chi connectivity index (χ2n) is 11.9. The predicted molar refractivity (Wildman–Crippen MR) is 165 cm³/mol. The van der Waals surface area contributed by atoms with Crippen molar-refractivity contribution < 1.29 is 14.4 Å². The molecule has 1 saturated heterocycles. The molecule has 2 aliphatic rings. The largest absolute Gasteiger partial charge is 0.384 e. The summed E-state index contributed by atoms with van der Waals surface area (Å²) in [5, 5.41) is 3.10. The van der Waals surface area contributed by atoms with E-state index in [2.05, 4.69) is 22.2 Å². The standard InChI is InChI=1S/C33H40N6O3/c1-21(2)30-33(42)38(4)28-17-24(25-10-13-35-29(34)18-25)8-9-27(28)32(41)39(30)20-23-6-5-7-26(16-23)31(40)36-19-22-11-14-37(3)15-12-22/h5-10,13,16-18,21-22,30H,11-12,14-15,19-20H2,1-4H3,(H2,34,35)(H,36,40)/t30-/m1/s1. The van der Waals surface area contributed by atoms with Crippen molar-refractivity contribution >= 4 is 29.2 Å². The van der Waals surface area contributed by atoms with Crippen molar-refractivity contribution in [1.29, 1.82) is 0 Å². The summed E-state index contributed by atoms with van der Waals surface area (Å²) in [6.45, 7) is 6.86. The Morgan fingerprint density at radius 2 is 1.76 bits per heavy atom. The van der Waals surface area contributed by atoms with Gasteiger partial charge in [0.05, 0.1) is 11.3 Å². The third kappa shape index (κ3) is 6.16. The molecule has 3 N–H and O–H groups in total. The first-order valence-electron chi connectivity index (χ1n) is 14.6. The highest BCUT2D eigenvalue weighted by Crippen LogP contribution is 2.34. The van der Waals surface area contributed by atoms with Crippen molar-refractivity contribution in [2.24, 2.45) is 11.8 Å². The van der Waals surface area contributed by atoms with Gasteiger partial charge in [-0.15, -0.1) is 0 Å². The Labute approximate surface area is 247 Å². The van der Waals surface area contributed by atoms with E-state index in [0.717, 1.165) is 42.6 Å². The third-order valence-corrected chi connectivity index (χ3v) is 8.45. The minimum atomic E-state index is -0.670. The van der Waals surface area contributed by atoms with Crippen molar-refractivity contribution in [1.82, 2.24) is 20.1 Å². The summed E-state index contributed by atoms with van der Waals surface area (Å²) in [5.74, 6) is 0.249. The molecule has 3 aromatic rings. The number of likely N-dealkylation sites (tertiary alicyclic amines) is 1. The number of nitrogens with zero attached hydrogens (tertiary/aromatic N) is 4. The second kappa shape index (κ2) is 12.3. The van der Waals surface area contributed by atoms with Crippen molar-refractivity contribution in [3.8, 4) is 11.1 Å². The smallest absolute Gasteiger partial charge is 0.256 e. The molecule has 3 heterocycles. The monoisotopic (exact) mass is 568 g/mol. The highest BCUT2D eigenvalue weighted by Gasteiger charge is 2.40. The average Bonchev–Trinajstić information content (AvgIpc) is 3.05. The van der Waals surface area contributed by atoms with Crippen LogP contribution in [0, 0.1) is 11.8 Å². The highest BCUT2D eigenvalue weighted by atomic mass is 16.2. The van der Waals surface area contributed by atoms with Gasteiger partial charge in [0.2, 0.25) is 5.91 Å². The van der Waals surface area contributed by atoms with Crippen LogP contribution in [0.1, 0.15) is 53.0 Å². The number of carbonyl (C=O) groups excluding carboxylic acids is 3. The first-order chi connectivity index (χ1) is 20.1. The maximum atomic E-state index is 14.1. The van der Waals surface area contributed by atoms with Crippen molar-refractivity contribution in [2.75, 3.05) is 44.4 Å². The topological polar surface area (TPSA) is 112 Å². The minimum absolute atomic E-state index is 0.121. The number of hydrogen-bond acceptors (Lipinski definition) is 6. The van der Waals surface area contributed by atoms with Gasteiger partial charge in [0, 0.05) is 31.9 Å². The van der Waals surface area contributed by atoms with Crippen LogP contribution in [0.2, 0.25) is 0 Å². The highest BCUT2D eigenvalue weighted by molar-refractivity contribution is 6.11. The van der Waals surface area contributed by atoms with E-state index in [1.807, 2.05) is 50.2 Å². The normalized spacial score (nSPS) is 18.3. The Hall–Kier alpha value is -4.24.